The van der Waals surface area contributed by atoms with Crippen LogP contribution in [0.1, 0.15) is 38.3 Å². The molecule has 0 spiro atoms. The Labute approximate surface area is 234 Å². The molecule has 0 amide bonds. The Hall–Kier alpha value is -4.63. The molecule has 0 N–H and O–H groups in total. The summed E-state index contributed by atoms with van der Waals surface area (Å²) in [6, 6.07) is 18.7. The van der Waals surface area contributed by atoms with Gasteiger partial charge in [0.15, 0.2) is 0 Å². The Kier molecular flexibility index (Phi) is 11.1. The standard InChI is InChI=1S/C34H33N3.C2H6/c1-5-17-32-28(6-2)19-11-7-10-18-27(3)37(32)31-23-16-22-30(26-31)34(36-24-14-9-15-25-36)33(35-4)29-20-12-8-13-21-29;1-2/h5-18,20-24,26H,2-4,19,25H2,1H3;1-2H3/b11-7-,17-5-,18-10-,32-28-,34-33-;. The average molecular weight is 514 g/mol. The lowest BCUT2D eigenvalue weighted by molar-refractivity contribution is 0.587. The number of nitrogens with zero attached hydrogens (tertiary/aromatic N) is 3. The predicted octanol–water partition coefficient (Wildman–Crippen LogP) is 9.48. The topological polar surface area (TPSA) is 18.8 Å². The fourth-order valence-electron chi connectivity index (χ4n) is 4.51. The van der Waals surface area contributed by atoms with Gasteiger partial charge in [0.05, 0.1) is 11.4 Å². The van der Waals surface area contributed by atoms with Crippen LogP contribution < -0.4 is 4.90 Å². The van der Waals surface area contributed by atoms with E-state index >= 15 is 0 Å². The molecule has 4 rings (SSSR count). The monoisotopic (exact) mass is 513 g/mol. The van der Waals surface area contributed by atoms with Crippen molar-refractivity contribution in [3.63, 3.8) is 0 Å². The maximum Gasteiger partial charge on any atom is 0.0937 e. The third-order valence-corrected chi connectivity index (χ3v) is 6.21. The number of rotatable bonds is 7. The minimum absolute atomic E-state index is 0.747. The first-order valence-corrected chi connectivity index (χ1v) is 13.4. The molecule has 2 aliphatic heterocycles. The second kappa shape index (κ2) is 14.9. The highest BCUT2D eigenvalue weighted by molar-refractivity contribution is 5.92. The van der Waals surface area contributed by atoms with Gasteiger partial charge in [-0.15, -0.1) is 0 Å². The number of anilines is 1. The zero-order valence-corrected chi connectivity index (χ0v) is 23.4. The molecule has 198 valence electrons. The Morgan fingerprint density at radius 1 is 0.923 bits per heavy atom. The van der Waals surface area contributed by atoms with Gasteiger partial charge in [0.1, 0.15) is 0 Å². The van der Waals surface area contributed by atoms with Crippen LogP contribution in [-0.4, -0.2) is 18.2 Å². The van der Waals surface area contributed by atoms with E-state index in [9.17, 15) is 0 Å². The summed E-state index contributed by atoms with van der Waals surface area (Å²) in [6.45, 7) is 19.2. The predicted molar refractivity (Wildman–Crippen MR) is 172 cm³/mol. The molecule has 2 aromatic rings. The summed E-state index contributed by atoms with van der Waals surface area (Å²) in [7, 11) is 0. The second-order valence-corrected chi connectivity index (χ2v) is 8.63. The van der Waals surface area contributed by atoms with E-state index in [0.29, 0.717) is 0 Å². The number of benzene rings is 2. The normalized spacial score (nSPS) is 19.3. The van der Waals surface area contributed by atoms with Crippen LogP contribution in [0, 0.1) is 0 Å². The maximum atomic E-state index is 4.52. The summed E-state index contributed by atoms with van der Waals surface area (Å²) in [4.78, 5) is 8.93. The van der Waals surface area contributed by atoms with Gasteiger partial charge >= 0.3 is 0 Å². The first-order valence-electron chi connectivity index (χ1n) is 13.4. The van der Waals surface area contributed by atoms with E-state index in [0.717, 1.165) is 58.1 Å². The molecule has 0 aliphatic carbocycles. The Bertz CT molecular complexity index is 1380. The first kappa shape index (κ1) is 28.9. The number of aliphatic imine (C=N–C) groups is 1. The molecule has 2 heterocycles. The molecule has 2 aliphatic rings. The highest BCUT2D eigenvalue weighted by atomic mass is 15.2. The van der Waals surface area contributed by atoms with Crippen molar-refractivity contribution < 1.29 is 0 Å². The smallest absolute Gasteiger partial charge is 0.0937 e. The first-order chi connectivity index (χ1) is 19.2. The van der Waals surface area contributed by atoms with Gasteiger partial charge in [-0.25, -0.2) is 0 Å². The summed E-state index contributed by atoms with van der Waals surface area (Å²) in [6.07, 6.45) is 23.5. The third kappa shape index (κ3) is 7.03. The van der Waals surface area contributed by atoms with E-state index in [4.69, 9.17) is 0 Å². The van der Waals surface area contributed by atoms with E-state index in [1.165, 1.54) is 0 Å². The summed E-state index contributed by atoms with van der Waals surface area (Å²) in [5.74, 6) is 0. The largest absolute Gasteiger partial charge is 0.342 e. The molecular formula is C36H39N3. The van der Waals surface area contributed by atoms with Crippen LogP contribution in [-0.2, 0) is 0 Å². The van der Waals surface area contributed by atoms with Crippen molar-refractivity contribution in [1.82, 2.24) is 4.90 Å². The quantitative estimate of drug-likeness (QED) is 0.271. The molecule has 3 nitrogen and oxygen atoms in total. The summed E-state index contributed by atoms with van der Waals surface area (Å²) >= 11 is 0. The summed E-state index contributed by atoms with van der Waals surface area (Å²) in [5.41, 5.74) is 7.94. The molecule has 0 bridgehead atoms. The van der Waals surface area contributed by atoms with Crippen molar-refractivity contribution in [1.29, 1.82) is 0 Å². The molecule has 0 radical (unpaired) electrons. The van der Waals surface area contributed by atoms with Crippen molar-refractivity contribution >= 4 is 23.8 Å². The SMILES string of the molecule is C=C/C1=C(\C=C/C)N(c2cccc(/C(=C(/N=C)c3ccccc3)N3C=CC=CC3)c2)C(=C)/C=C\C=C/C1.CC. The highest BCUT2D eigenvalue weighted by Gasteiger charge is 2.20. The van der Waals surface area contributed by atoms with Crippen molar-refractivity contribution in [2.75, 3.05) is 11.4 Å². The van der Waals surface area contributed by atoms with Crippen LogP contribution in [0.4, 0.5) is 5.69 Å². The van der Waals surface area contributed by atoms with Gasteiger partial charge in [0.25, 0.3) is 0 Å². The lowest BCUT2D eigenvalue weighted by Gasteiger charge is -2.30. The highest BCUT2D eigenvalue weighted by Crippen LogP contribution is 2.36. The van der Waals surface area contributed by atoms with E-state index in [1.807, 2.05) is 63.3 Å². The number of hydrogen-bond donors (Lipinski definition) is 0. The van der Waals surface area contributed by atoms with E-state index < -0.39 is 0 Å². The minimum Gasteiger partial charge on any atom is -0.342 e. The molecule has 0 saturated carbocycles. The second-order valence-electron chi connectivity index (χ2n) is 8.63. The molecular weight excluding hydrogens is 474 g/mol. The van der Waals surface area contributed by atoms with Gasteiger partial charge < -0.3 is 9.80 Å². The van der Waals surface area contributed by atoms with Crippen LogP contribution in [0.25, 0.3) is 11.4 Å². The number of allylic oxidation sites excluding steroid dienone is 10. The van der Waals surface area contributed by atoms with Gasteiger partial charge in [0, 0.05) is 41.0 Å². The van der Waals surface area contributed by atoms with Crippen molar-refractivity contribution in [3.8, 4) is 0 Å². The Balaban J connectivity index is 0.00000205. The van der Waals surface area contributed by atoms with Gasteiger partial charge in [0.2, 0.25) is 0 Å². The maximum absolute atomic E-state index is 4.52. The number of hydrogen-bond acceptors (Lipinski definition) is 3. The van der Waals surface area contributed by atoms with Crippen molar-refractivity contribution in [2.45, 2.75) is 27.2 Å². The molecule has 0 unspecified atom stereocenters. The van der Waals surface area contributed by atoms with Gasteiger partial charge in [-0.3, -0.25) is 4.99 Å². The van der Waals surface area contributed by atoms with Crippen LogP contribution >= 0.6 is 0 Å². The van der Waals surface area contributed by atoms with Crippen LogP contribution in [0.3, 0.4) is 0 Å². The molecule has 2 aromatic carbocycles. The van der Waals surface area contributed by atoms with Crippen molar-refractivity contribution in [3.05, 3.63) is 163 Å². The molecule has 0 fully saturated rings. The van der Waals surface area contributed by atoms with Gasteiger partial charge in [-0.05, 0) is 56.0 Å². The fourth-order valence-corrected chi connectivity index (χ4v) is 4.51. The zero-order valence-electron chi connectivity index (χ0n) is 23.4. The molecule has 0 saturated heterocycles. The van der Waals surface area contributed by atoms with Crippen LogP contribution in [0.15, 0.2) is 157 Å². The van der Waals surface area contributed by atoms with E-state index in [2.05, 4.69) is 114 Å². The summed E-state index contributed by atoms with van der Waals surface area (Å²) < 4.78 is 0. The lowest BCUT2D eigenvalue weighted by atomic mass is 10.0. The van der Waals surface area contributed by atoms with E-state index in [-0.39, 0.29) is 0 Å². The Morgan fingerprint density at radius 2 is 1.67 bits per heavy atom. The molecule has 0 aromatic heterocycles. The van der Waals surface area contributed by atoms with Gasteiger partial charge in [-0.1, -0.05) is 112 Å². The molecule has 0 atom stereocenters. The third-order valence-electron chi connectivity index (χ3n) is 6.21. The zero-order chi connectivity index (χ0) is 28.0. The Morgan fingerprint density at radius 3 is 2.33 bits per heavy atom. The molecule has 39 heavy (non-hydrogen) atoms. The van der Waals surface area contributed by atoms with Gasteiger partial charge in [-0.2, -0.15) is 0 Å². The lowest BCUT2D eigenvalue weighted by Crippen LogP contribution is -2.22. The van der Waals surface area contributed by atoms with Crippen LogP contribution in [0.5, 0.6) is 0 Å². The minimum atomic E-state index is 0.747. The summed E-state index contributed by atoms with van der Waals surface area (Å²) in [5, 5.41) is 0. The van der Waals surface area contributed by atoms with E-state index in [1.54, 1.807) is 0 Å². The van der Waals surface area contributed by atoms with Crippen LogP contribution in [0.2, 0.25) is 0 Å². The fraction of sp³-hybridized carbons (Fsp3) is 0.139. The average Bonchev–Trinajstić information content (AvgIpc) is 3.06. The van der Waals surface area contributed by atoms with Crippen molar-refractivity contribution in [2.24, 2.45) is 4.99 Å². The molecule has 3 heteroatoms.